The van der Waals surface area contributed by atoms with Crippen LogP contribution in [0.2, 0.25) is 0 Å². The zero-order chi connectivity index (χ0) is 25.9. The number of nitrogens with zero attached hydrogens (tertiary/aromatic N) is 3. The maximum Gasteiger partial charge on any atom is 0.321 e. The van der Waals surface area contributed by atoms with Gasteiger partial charge in [0.15, 0.2) is 11.5 Å². The fourth-order valence-corrected chi connectivity index (χ4v) is 4.18. The molecule has 3 rings (SSSR count). The van der Waals surface area contributed by atoms with Gasteiger partial charge in [-0.1, -0.05) is 18.2 Å². The summed E-state index contributed by atoms with van der Waals surface area (Å²) in [6, 6.07) is 10.5. The van der Waals surface area contributed by atoms with E-state index in [0.717, 1.165) is 11.1 Å². The monoisotopic (exact) mass is 482 g/mol. The van der Waals surface area contributed by atoms with E-state index in [1.165, 1.54) is 9.80 Å². The molecular formula is C26H34N4O5. The fraction of sp³-hybridized carbons (Fsp3) is 0.423. The predicted octanol–water partition coefficient (Wildman–Crippen LogP) is 3.54. The normalized spacial score (nSPS) is 14.1. The first-order chi connectivity index (χ1) is 16.5. The molecular weight excluding hydrogens is 448 g/mol. The van der Waals surface area contributed by atoms with E-state index < -0.39 is 5.54 Å². The van der Waals surface area contributed by atoms with Gasteiger partial charge >= 0.3 is 6.03 Å². The van der Waals surface area contributed by atoms with E-state index in [4.69, 9.17) is 9.47 Å². The topological polar surface area (TPSA) is 91.4 Å². The predicted molar refractivity (Wildman–Crippen MR) is 134 cm³/mol. The van der Waals surface area contributed by atoms with Crippen molar-refractivity contribution in [2.24, 2.45) is 0 Å². The SMILES string of the molecule is CCOc1cc(C(C)(CC(=O)N(C)C)N2Cc3cccc(NC(=O)N(C)C)c3C2=O)ccc1OC. The lowest BCUT2D eigenvalue weighted by molar-refractivity contribution is -0.131. The van der Waals surface area contributed by atoms with Crippen LogP contribution < -0.4 is 14.8 Å². The minimum absolute atomic E-state index is 0.0665. The average Bonchev–Trinajstić information content (AvgIpc) is 3.17. The van der Waals surface area contributed by atoms with Crippen LogP contribution in [0, 0.1) is 0 Å². The summed E-state index contributed by atoms with van der Waals surface area (Å²) in [6.45, 7) is 4.50. The number of nitrogens with one attached hydrogen (secondary N) is 1. The highest BCUT2D eigenvalue weighted by atomic mass is 16.5. The largest absolute Gasteiger partial charge is 0.493 e. The van der Waals surface area contributed by atoms with E-state index in [1.54, 1.807) is 52.3 Å². The summed E-state index contributed by atoms with van der Waals surface area (Å²) in [5, 5.41) is 2.81. The lowest BCUT2D eigenvalue weighted by Gasteiger charge is -2.40. The van der Waals surface area contributed by atoms with Crippen molar-refractivity contribution in [3.63, 3.8) is 0 Å². The van der Waals surface area contributed by atoms with Crippen molar-refractivity contribution >= 4 is 23.5 Å². The first kappa shape index (κ1) is 25.9. The van der Waals surface area contributed by atoms with Gasteiger partial charge in [0, 0.05) is 34.7 Å². The fourth-order valence-electron chi connectivity index (χ4n) is 4.18. The standard InChI is InChI=1S/C26H34N4O5/c1-8-35-21-14-18(12-13-20(21)34-7)26(2,15-22(31)28(3)4)30-16-17-10-9-11-19(23(17)24(30)32)27-25(33)29(5)6/h9-14H,8,15-16H2,1-7H3,(H,27,33). The Bertz CT molecular complexity index is 1130. The van der Waals surface area contributed by atoms with Crippen LogP contribution in [0.4, 0.5) is 10.5 Å². The van der Waals surface area contributed by atoms with Gasteiger partial charge in [-0.05, 0) is 43.2 Å². The molecule has 2 aromatic rings. The molecule has 0 bridgehead atoms. The minimum atomic E-state index is -0.988. The Morgan fingerprint density at radius 3 is 2.40 bits per heavy atom. The Morgan fingerprint density at radius 2 is 1.80 bits per heavy atom. The first-order valence-corrected chi connectivity index (χ1v) is 11.5. The maximum atomic E-state index is 13.9. The van der Waals surface area contributed by atoms with Crippen molar-refractivity contribution < 1.29 is 23.9 Å². The van der Waals surface area contributed by atoms with Crippen LogP contribution in [-0.2, 0) is 16.9 Å². The van der Waals surface area contributed by atoms with Gasteiger partial charge in [0.1, 0.15) is 0 Å². The summed E-state index contributed by atoms with van der Waals surface area (Å²) >= 11 is 0. The van der Waals surface area contributed by atoms with Gasteiger partial charge in [-0.25, -0.2) is 4.79 Å². The quantitative estimate of drug-likeness (QED) is 0.622. The number of methoxy groups -OCH3 is 1. The highest BCUT2D eigenvalue weighted by Crippen LogP contribution is 2.43. The van der Waals surface area contributed by atoms with Crippen LogP contribution in [-0.4, -0.2) is 74.5 Å². The molecule has 1 aliphatic rings. The summed E-state index contributed by atoms with van der Waals surface area (Å²) in [5.41, 5.74) is 1.42. The summed E-state index contributed by atoms with van der Waals surface area (Å²) in [4.78, 5) is 43.7. The molecule has 0 spiro atoms. The smallest absolute Gasteiger partial charge is 0.321 e. The van der Waals surface area contributed by atoms with Gasteiger partial charge in [0.05, 0.1) is 36.9 Å². The number of hydrogen-bond donors (Lipinski definition) is 1. The number of benzene rings is 2. The van der Waals surface area contributed by atoms with E-state index in [9.17, 15) is 14.4 Å². The van der Waals surface area contributed by atoms with Crippen molar-refractivity contribution in [1.29, 1.82) is 0 Å². The molecule has 1 atom stereocenters. The summed E-state index contributed by atoms with van der Waals surface area (Å²) in [7, 11) is 8.22. The van der Waals surface area contributed by atoms with Gasteiger partial charge in [-0.2, -0.15) is 0 Å². The number of urea groups is 1. The third kappa shape index (κ3) is 5.03. The second-order valence-corrected chi connectivity index (χ2v) is 9.09. The zero-order valence-corrected chi connectivity index (χ0v) is 21.5. The van der Waals surface area contributed by atoms with Crippen molar-refractivity contribution in [2.75, 3.05) is 47.2 Å². The average molecular weight is 483 g/mol. The molecule has 0 saturated carbocycles. The van der Waals surface area contributed by atoms with Gasteiger partial charge in [0.25, 0.3) is 5.91 Å². The van der Waals surface area contributed by atoms with Gasteiger partial charge < -0.3 is 29.5 Å². The summed E-state index contributed by atoms with van der Waals surface area (Å²) in [6.07, 6.45) is 0.0665. The highest BCUT2D eigenvalue weighted by molar-refractivity contribution is 6.07. The molecule has 0 aromatic heterocycles. The first-order valence-electron chi connectivity index (χ1n) is 11.5. The third-order valence-electron chi connectivity index (χ3n) is 6.26. The number of fused-ring (bicyclic) bond motifs is 1. The Morgan fingerprint density at radius 1 is 1.09 bits per heavy atom. The number of ether oxygens (including phenoxy) is 2. The van der Waals surface area contributed by atoms with Crippen molar-refractivity contribution in [3.8, 4) is 11.5 Å². The number of carbonyl (C=O) groups is 3. The number of carbonyl (C=O) groups excluding carboxylic acids is 3. The Balaban J connectivity index is 2.10. The van der Waals surface area contributed by atoms with E-state index in [-0.39, 0.29) is 24.3 Å². The van der Waals surface area contributed by atoms with Crippen LogP contribution in [0.1, 0.15) is 41.8 Å². The molecule has 9 heteroatoms. The molecule has 0 radical (unpaired) electrons. The molecule has 0 aliphatic carbocycles. The Kier molecular flexibility index (Phi) is 7.57. The Labute approximate surface area is 206 Å². The number of rotatable bonds is 8. The molecule has 1 N–H and O–H groups in total. The van der Waals surface area contributed by atoms with Crippen molar-refractivity contribution in [3.05, 3.63) is 53.1 Å². The lowest BCUT2D eigenvalue weighted by Crippen LogP contribution is -2.47. The number of amides is 4. The molecule has 1 aliphatic heterocycles. The lowest BCUT2D eigenvalue weighted by atomic mass is 9.85. The molecule has 9 nitrogen and oxygen atoms in total. The molecule has 1 unspecified atom stereocenters. The number of hydrogen-bond acceptors (Lipinski definition) is 5. The second-order valence-electron chi connectivity index (χ2n) is 9.09. The maximum absolute atomic E-state index is 13.9. The molecule has 0 saturated heterocycles. The Hall–Kier alpha value is -3.75. The second kappa shape index (κ2) is 10.2. The van der Waals surface area contributed by atoms with Crippen LogP contribution in [0.25, 0.3) is 0 Å². The molecule has 35 heavy (non-hydrogen) atoms. The highest BCUT2D eigenvalue weighted by Gasteiger charge is 2.45. The van der Waals surface area contributed by atoms with Gasteiger partial charge in [0.2, 0.25) is 5.91 Å². The van der Waals surface area contributed by atoms with E-state index >= 15 is 0 Å². The van der Waals surface area contributed by atoms with Crippen LogP contribution in [0.5, 0.6) is 11.5 Å². The van der Waals surface area contributed by atoms with E-state index in [1.807, 2.05) is 38.1 Å². The van der Waals surface area contributed by atoms with E-state index in [0.29, 0.717) is 35.9 Å². The van der Waals surface area contributed by atoms with Crippen LogP contribution >= 0.6 is 0 Å². The van der Waals surface area contributed by atoms with E-state index in [2.05, 4.69) is 5.32 Å². The van der Waals surface area contributed by atoms with Gasteiger partial charge in [-0.3, -0.25) is 9.59 Å². The molecule has 1 heterocycles. The third-order valence-corrected chi connectivity index (χ3v) is 6.26. The molecule has 0 fully saturated rings. The van der Waals surface area contributed by atoms with Crippen molar-refractivity contribution in [2.45, 2.75) is 32.4 Å². The zero-order valence-electron chi connectivity index (χ0n) is 21.5. The van der Waals surface area contributed by atoms with Crippen LogP contribution in [0.15, 0.2) is 36.4 Å². The minimum Gasteiger partial charge on any atom is -0.493 e. The molecule has 4 amide bonds. The van der Waals surface area contributed by atoms with Gasteiger partial charge in [-0.15, -0.1) is 0 Å². The molecule has 2 aromatic carbocycles. The van der Waals surface area contributed by atoms with Crippen LogP contribution in [0.3, 0.4) is 0 Å². The molecule has 188 valence electrons. The summed E-state index contributed by atoms with van der Waals surface area (Å²) < 4.78 is 11.2. The summed E-state index contributed by atoms with van der Waals surface area (Å²) in [5.74, 6) is 0.740. The van der Waals surface area contributed by atoms with Crippen molar-refractivity contribution in [1.82, 2.24) is 14.7 Å². The number of anilines is 1.